The number of H-pyrrole nitrogens is 1. The van der Waals surface area contributed by atoms with Crippen molar-refractivity contribution in [1.29, 1.82) is 0 Å². The third-order valence-electron chi connectivity index (χ3n) is 4.57. The van der Waals surface area contributed by atoms with Gasteiger partial charge in [-0.15, -0.1) is 9.50 Å². The summed E-state index contributed by atoms with van der Waals surface area (Å²) in [6.45, 7) is 0.748. The van der Waals surface area contributed by atoms with Gasteiger partial charge in [0.1, 0.15) is 22.2 Å². The maximum absolute atomic E-state index is 12.5. The number of nitrogens with one attached hydrogen (secondary N) is 1. The van der Waals surface area contributed by atoms with E-state index in [0.29, 0.717) is 35.0 Å². The molecule has 0 spiro atoms. The van der Waals surface area contributed by atoms with Crippen molar-refractivity contribution in [2.45, 2.75) is 17.7 Å². The lowest BCUT2D eigenvalue weighted by Crippen LogP contribution is -2.30. The first-order valence-corrected chi connectivity index (χ1v) is 10.0. The molecule has 10 heteroatoms. The molecule has 3 heterocycles. The first kappa shape index (κ1) is 16.8. The van der Waals surface area contributed by atoms with Gasteiger partial charge in [-0.25, -0.2) is 9.89 Å². The van der Waals surface area contributed by atoms with Gasteiger partial charge in [0, 0.05) is 24.6 Å². The Bertz CT molecular complexity index is 1270. The fraction of sp³-hybridized carbons (Fsp3) is 0.167. The fourth-order valence-corrected chi connectivity index (χ4v) is 4.64. The molecule has 0 amide bonds. The van der Waals surface area contributed by atoms with Crippen LogP contribution in [0.3, 0.4) is 0 Å². The standard InChI is InChI=1S/C18H14N4O5S/c23-18-20-19-17(27-18)11-3-1-4-12(9-11)26-13-6-7-14-15(10-13)28(24,25)21-16-5-2-8-22(14)16/h1,3-4,6-7,9-10H,2,5,8H2,(H,20,23). The van der Waals surface area contributed by atoms with Crippen molar-refractivity contribution in [2.24, 2.45) is 4.40 Å². The van der Waals surface area contributed by atoms with E-state index >= 15 is 0 Å². The van der Waals surface area contributed by atoms with Crippen LogP contribution in [0.2, 0.25) is 0 Å². The van der Waals surface area contributed by atoms with Crippen LogP contribution < -0.4 is 15.4 Å². The lowest BCUT2D eigenvalue weighted by Gasteiger charge is -2.25. The van der Waals surface area contributed by atoms with Crippen molar-refractivity contribution in [1.82, 2.24) is 10.2 Å². The number of aromatic amines is 1. The number of benzene rings is 2. The van der Waals surface area contributed by atoms with E-state index < -0.39 is 15.8 Å². The lowest BCUT2D eigenvalue weighted by molar-refractivity contribution is 0.480. The van der Waals surface area contributed by atoms with Gasteiger partial charge in [0.2, 0.25) is 5.89 Å². The molecule has 2 aliphatic rings. The first-order valence-electron chi connectivity index (χ1n) is 8.59. The Morgan fingerprint density at radius 1 is 1.14 bits per heavy atom. The second-order valence-corrected chi connectivity index (χ2v) is 7.99. The van der Waals surface area contributed by atoms with Gasteiger partial charge >= 0.3 is 5.76 Å². The molecular weight excluding hydrogens is 384 g/mol. The minimum absolute atomic E-state index is 0.130. The summed E-state index contributed by atoms with van der Waals surface area (Å²) in [4.78, 5) is 13.2. The van der Waals surface area contributed by atoms with Crippen LogP contribution >= 0.6 is 0 Å². The summed E-state index contributed by atoms with van der Waals surface area (Å²) in [5.74, 6) is 0.888. The van der Waals surface area contributed by atoms with Crippen molar-refractivity contribution < 1.29 is 17.6 Å². The van der Waals surface area contributed by atoms with E-state index in [9.17, 15) is 13.2 Å². The smallest absolute Gasteiger partial charge is 0.434 e. The zero-order valence-corrected chi connectivity index (χ0v) is 15.3. The molecule has 1 saturated heterocycles. The molecule has 1 N–H and O–H groups in total. The van der Waals surface area contributed by atoms with Crippen LogP contribution in [0.5, 0.6) is 11.5 Å². The van der Waals surface area contributed by atoms with E-state index in [4.69, 9.17) is 9.15 Å². The van der Waals surface area contributed by atoms with E-state index in [2.05, 4.69) is 14.6 Å². The van der Waals surface area contributed by atoms with Crippen LogP contribution in [-0.4, -0.2) is 31.0 Å². The monoisotopic (exact) mass is 398 g/mol. The highest BCUT2D eigenvalue weighted by molar-refractivity contribution is 7.90. The van der Waals surface area contributed by atoms with E-state index in [1.54, 1.807) is 36.4 Å². The van der Waals surface area contributed by atoms with Gasteiger partial charge in [0.05, 0.1) is 5.69 Å². The van der Waals surface area contributed by atoms with Gasteiger partial charge in [0.25, 0.3) is 10.0 Å². The van der Waals surface area contributed by atoms with Crippen LogP contribution in [0.1, 0.15) is 12.8 Å². The number of fused-ring (bicyclic) bond motifs is 3. The summed E-state index contributed by atoms with van der Waals surface area (Å²) >= 11 is 0. The van der Waals surface area contributed by atoms with E-state index in [1.807, 2.05) is 4.90 Å². The number of sulfonamides is 1. The molecule has 28 heavy (non-hydrogen) atoms. The van der Waals surface area contributed by atoms with Gasteiger partial charge in [-0.1, -0.05) is 6.07 Å². The molecular formula is C18H14N4O5S. The van der Waals surface area contributed by atoms with Crippen LogP contribution in [0, 0.1) is 0 Å². The number of ether oxygens (including phenoxy) is 1. The van der Waals surface area contributed by atoms with E-state index in [-0.39, 0.29) is 10.8 Å². The second kappa shape index (κ2) is 6.06. The highest BCUT2D eigenvalue weighted by atomic mass is 32.2. The largest absolute Gasteiger partial charge is 0.457 e. The van der Waals surface area contributed by atoms with Crippen LogP contribution in [-0.2, 0) is 10.0 Å². The molecule has 0 unspecified atom stereocenters. The Morgan fingerprint density at radius 3 is 2.82 bits per heavy atom. The normalized spacial score (nSPS) is 17.0. The molecule has 0 aliphatic carbocycles. The molecule has 142 valence electrons. The average Bonchev–Trinajstić information content (AvgIpc) is 3.30. The number of anilines is 1. The zero-order chi connectivity index (χ0) is 19.3. The van der Waals surface area contributed by atoms with Crippen molar-refractivity contribution in [3.05, 3.63) is 53.0 Å². The van der Waals surface area contributed by atoms with Gasteiger partial charge in [-0.2, -0.15) is 8.42 Å². The molecule has 2 aliphatic heterocycles. The summed E-state index contributed by atoms with van der Waals surface area (Å²) < 4.78 is 39.8. The molecule has 0 saturated carbocycles. The summed E-state index contributed by atoms with van der Waals surface area (Å²) in [5, 5.41) is 5.98. The SMILES string of the molecule is O=c1[nH]nc(-c2cccc(Oc3ccc4c(c3)S(=O)(=O)N=C3CCCN34)c2)o1. The maximum Gasteiger partial charge on any atom is 0.434 e. The molecule has 2 aromatic carbocycles. The maximum atomic E-state index is 12.5. The topological polar surface area (TPSA) is 118 Å². The molecule has 1 fully saturated rings. The molecule has 3 aromatic rings. The number of amidine groups is 1. The Morgan fingerprint density at radius 2 is 2.00 bits per heavy atom. The molecule has 1 aromatic heterocycles. The Labute approximate surface area is 159 Å². The summed E-state index contributed by atoms with van der Waals surface area (Å²) in [7, 11) is -3.76. The van der Waals surface area contributed by atoms with Gasteiger partial charge in [-0.05, 0) is 36.8 Å². The molecule has 0 radical (unpaired) electrons. The average molecular weight is 398 g/mol. The van der Waals surface area contributed by atoms with Crippen molar-refractivity contribution in [3.63, 3.8) is 0 Å². The minimum Gasteiger partial charge on any atom is -0.457 e. The van der Waals surface area contributed by atoms with Crippen LogP contribution in [0.25, 0.3) is 11.5 Å². The fourth-order valence-electron chi connectivity index (χ4n) is 3.37. The number of aromatic nitrogens is 2. The number of rotatable bonds is 3. The highest BCUT2D eigenvalue weighted by Gasteiger charge is 2.33. The number of hydrogen-bond acceptors (Lipinski definition) is 7. The van der Waals surface area contributed by atoms with Crippen molar-refractivity contribution in [2.75, 3.05) is 11.4 Å². The van der Waals surface area contributed by atoms with Gasteiger partial charge in [-0.3, -0.25) is 0 Å². The molecule has 9 nitrogen and oxygen atoms in total. The van der Waals surface area contributed by atoms with Crippen LogP contribution in [0.4, 0.5) is 5.69 Å². The van der Waals surface area contributed by atoms with E-state index in [1.165, 1.54) is 6.07 Å². The van der Waals surface area contributed by atoms with Crippen LogP contribution in [0.15, 0.2) is 61.0 Å². The molecule has 0 bridgehead atoms. The van der Waals surface area contributed by atoms with E-state index in [0.717, 1.165) is 13.0 Å². The third-order valence-corrected chi connectivity index (χ3v) is 5.91. The summed E-state index contributed by atoms with van der Waals surface area (Å²) in [6.07, 6.45) is 1.54. The summed E-state index contributed by atoms with van der Waals surface area (Å²) in [6, 6.07) is 11.7. The van der Waals surface area contributed by atoms with Gasteiger partial charge in [0.15, 0.2) is 0 Å². The predicted octanol–water partition coefficient (Wildman–Crippen LogP) is 2.52. The molecule has 0 atom stereocenters. The first-order chi connectivity index (χ1) is 13.5. The quantitative estimate of drug-likeness (QED) is 0.720. The predicted molar refractivity (Wildman–Crippen MR) is 100 cm³/mol. The Balaban J connectivity index is 1.49. The number of hydrogen-bond donors (Lipinski definition) is 1. The lowest BCUT2D eigenvalue weighted by atomic mass is 10.2. The van der Waals surface area contributed by atoms with Crippen molar-refractivity contribution >= 4 is 21.5 Å². The third kappa shape index (κ3) is 2.78. The second-order valence-electron chi connectivity index (χ2n) is 6.42. The highest BCUT2D eigenvalue weighted by Crippen LogP contribution is 2.38. The molecule has 5 rings (SSSR count). The minimum atomic E-state index is -3.76. The van der Waals surface area contributed by atoms with Crippen molar-refractivity contribution in [3.8, 4) is 23.0 Å². The zero-order valence-electron chi connectivity index (χ0n) is 14.5. The van der Waals surface area contributed by atoms with Gasteiger partial charge < -0.3 is 14.1 Å². The Hall–Kier alpha value is -3.40. The summed E-state index contributed by atoms with van der Waals surface area (Å²) in [5.41, 5.74) is 1.18. The Kier molecular flexibility index (Phi) is 3.63. The number of nitrogens with zero attached hydrogens (tertiary/aromatic N) is 3.